The van der Waals surface area contributed by atoms with E-state index in [9.17, 15) is 14.4 Å². The van der Waals surface area contributed by atoms with Crippen LogP contribution in [-0.2, 0) is 9.59 Å². The number of thiophene rings is 1. The molecule has 0 unspecified atom stereocenters. The quantitative estimate of drug-likeness (QED) is 0.456. The van der Waals surface area contributed by atoms with Gasteiger partial charge in [0.25, 0.3) is 0 Å². The van der Waals surface area contributed by atoms with E-state index in [-0.39, 0.29) is 23.0 Å². The van der Waals surface area contributed by atoms with Crippen LogP contribution in [0.3, 0.4) is 0 Å². The van der Waals surface area contributed by atoms with Crippen LogP contribution in [0, 0.1) is 12.3 Å². The van der Waals surface area contributed by atoms with Crippen LogP contribution < -0.4 is 0 Å². The van der Waals surface area contributed by atoms with Crippen molar-refractivity contribution in [2.24, 2.45) is 5.41 Å². The molecule has 0 radical (unpaired) electrons. The first-order valence-electron chi connectivity index (χ1n) is 11.1. The second-order valence-corrected chi connectivity index (χ2v) is 10.6. The van der Waals surface area contributed by atoms with Gasteiger partial charge in [0.1, 0.15) is 4.83 Å². The number of nitrogens with zero attached hydrogens (tertiary/aromatic N) is 3. The largest absolute Gasteiger partial charge is 0.293 e. The van der Waals surface area contributed by atoms with Gasteiger partial charge < -0.3 is 0 Å². The first-order valence-corrected chi connectivity index (χ1v) is 11.9. The second kappa shape index (κ2) is 8.25. The van der Waals surface area contributed by atoms with Crippen molar-refractivity contribution in [3.63, 3.8) is 0 Å². The molecule has 0 N–H and O–H groups in total. The van der Waals surface area contributed by atoms with Gasteiger partial charge in [-0.25, -0.2) is 0 Å². The molecule has 0 atom stereocenters. The smallest absolute Gasteiger partial charge is 0.229 e. The fourth-order valence-electron chi connectivity index (χ4n) is 4.66. The van der Waals surface area contributed by atoms with E-state index in [0.29, 0.717) is 38.3 Å². The van der Waals surface area contributed by atoms with E-state index in [1.165, 1.54) is 37.0 Å². The summed E-state index contributed by atoms with van der Waals surface area (Å²) in [5.41, 5.74) is 0.717. The van der Waals surface area contributed by atoms with E-state index in [1.54, 1.807) is 11.3 Å². The molecule has 1 saturated carbocycles. The molecule has 7 heteroatoms. The molecule has 2 amide bonds. The summed E-state index contributed by atoms with van der Waals surface area (Å²) in [6, 6.07) is 2.45. The number of fused-ring (bicyclic) bond motifs is 1. The third-order valence-corrected chi connectivity index (χ3v) is 7.70. The number of hydrogen-bond acceptors (Lipinski definition) is 5. The fourth-order valence-corrected chi connectivity index (χ4v) is 5.86. The molecule has 0 aromatic carbocycles. The maximum absolute atomic E-state index is 13.0. The Morgan fingerprint density at radius 1 is 1.17 bits per heavy atom. The predicted octanol–water partition coefficient (Wildman–Crippen LogP) is 5.05. The number of likely N-dealkylation sites (tertiary alicyclic amines) is 1. The Morgan fingerprint density at radius 3 is 2.50 bits per heavy atom. The maximum atomic E-state index is 13.0. The summed E-state index contributed by atoms with van der Waals surface area (Å²) in [7, 11) is 0. The monoisotopic (exact) mass is 429 g/mol. The summed E-state index contributed by atoms with van der Waals surface area (Å²) >= 11 is 1.56. The van der Waals surface area contributed by atoms with Crippen molar-refractivity contribution >= 4 is 39.2 Å². The Balaban J connectivity index is 1.44. The highest BCUT2D eigenvalue weighted by Crippen LogP contribution is 2.36. The Labute approximate surface area is 181 Å². The van der Waals surface area contributed by atoms with Crippen LogP contribution in [0.2, 0.25) is 0 Å². The van der Waals surface area contributed by atoms with Crippen LogP contribution in [0.4, 0.5) is 0 Å². The molecule has 2 fully saturated rings. The van der Waals surface area contributed by atoms with Crippen LogP contribution in [0.15, 0.2) is 6.07 Å². The summed E-state index contributed by atoms with van der Waals surface area (Å²) in [5, 5.41) is 5.88. The highest BCUT2D eigenvalue weighted by atomic mass is 32.1. The lowest BCUT2D eigenvalue weighted by atomic mass is 9.86. The topological polar surface area (TPSA) is 72.3 Å². The van der Waals surface area contributed by atoms with Gasteiger partial charge in [-0.3, -0.25) is 24.0 Å². The third-order valence-electron chi connectivity index (χ3n) is 6.53. The van der Waals surface area contributed by atoms with Crippen molar-refractivity contribution in [2.45, 2.75) is 84.6 Å². The molecule has 1 aliphatic heterocycles. The molecule has 0 spiro atoms. The van der Waals surface area contributed by atoms with Crippen molar-refractivity contribution in [3.05, 3.63) is 16.6 Å². The number of Topliss-reactive ketones (excluding diaryl/α,β-unsaturated/α-hetero) is 1. The standard InChI is InChI=1S/C23H31N3O3S/c1-15-17-13-19(30-22(17)26(24-15)16-7-5-4-6-8-16)18(27)11-12-23(2,3)14-25-20(28)9-10-21(25)29/h13,16H,4-12,14H2,1-3H3. The number of hydrogen-bond donors (Lipinski definition) is 0. The van der Waals surface area contributed by atoms with E-state index in [2.05, 4.69) is 4.68 Å². The van der Waals surface area contributed by atoms with Crippen LogP contribution in [0.25, 0.3) is 10.2 Å². The summed E-state index contributed by atoms with van der Waals surface area (Å²) in [4.78, 5) is 40.1. The molecule has 1 saturated heterocycles. The van der Waals surface area contributed by atoms with Gasteiger partial charge in [-0.2, -0.15) is 5.10 Å². The fraction of sp³-hybridized carbons (Fsp3) is 0.652. The van der Waals surface area contributed by atoms with Crippen LogP contribution in [-0.4, -0.2) is 38.8 Å². The minimum Gasteiger partial charge on any atom is -0.293 e. The van der Waals surface area contributed by atoms with E-state index >= 15 is 0 Å². The summed E-state index contributed by atoms with van der Waals surface area (Å²) in [6.07, 6.45) is 7.82. The van der Waals surface area contributed by atoms with Crippen LogP contribution >= 0.6 is 11.3 Å². The number of carbonyl (C=O) groups is 3. The lowest BCUT2D eigenvalue weighted by molar-refractivity contribution is -0.140. The molecular weight excluding hydrogens is 398 g/mol. The average Bonchev–Trinajstić information content (AvgIpc) is 3.38. The molecule has 30 heavy (non-hydrogen) atoms. The van der Waals surface area contributed by atoms with Crippen molar-refractivity contribution in [2.75, 3.05) is 6.54 Å². The number of carbonyl (C=O) groups excluding carboxylic acids is 3. The number of amides is 2. The molecular formula is C23H31N3O3S. The first-order chi connectivity index (χ1) is 14.2. The van der Waals surface area contributed by atoms with Gasteiger partial charge in [0.15, 0.2) is 5.78 Å². The van der Waals surface area contributed by atoms with E-state index < -0.39 is 0 Å². The maximum Gasteiger partial charge on any atom is 0.229 e. The van der Waals surface area contributed by atoms with E-state index in [0.717, 1.165) is 20.8 Å². The van der Waals surface area contributed by atoms with Gasteiger partial charge in [-0.15, -0.1) is 11.3 Å². The lowest BCUT2D eigenvalue weighted by Crippen LogP contribution is -2.38. The zero-order valence-corrected chi connectivity index (χ0v) is 19.0. The molecule has 0 bridgehead atoms. The molecule has 1 aliphatic carbocycles. The normalized spacial score (nSPS) is 18.7. The lowest BCUT2D eigenvalue weighted by Gasteiger charge is -2.28. The van der Waals surface area contributed by atoms with Gasteiger partial charge in [0.2, 0.25) is 11.8 Å². The van der Waals surface area contributed by atoms with Crippen molar-refractivity contribution < 1.29 is 14.4 Å². The van der Waals surface area contributed by atoms with Crippen molar-refractivity contribution in [1.82, 2.24) is 14.7 Å². The second-order valence-electron chi connectivity index (χ2n) is 9.61. The Hall–Kier alpha value is -2.02. The summed E-state index contributed by atoms with van der Waals surface area (Å²) in [5.74, 6) is -0.0451. The SMILES string of the molecule is Cc1nn(C2CCCCC2)c2sc(C(=O)CCC(C)(C)CN3C(=O)CCC3=O)cc12. The van der Waals surface area contributed by atoms with Gasteiger partial charge in [-0.05, 0) is 37.7 Å². The summed E-state index contributed by atoms with van der Waals surface area (Å²) in [6.45, 7) is 6.46. The Bertz CT molecular complexity index is 965. The highest BCUT2D eigenvalue weighted by Gasteiger charge is 2.34. The average molecular weight is 430 g/mol. The predicted molar refractivity (Wildman–Crippen MR) is 118 cm³/mol. The van der Waals surface area contributed by atoms with Crippen LogP contribution in [0.5, 0.6) is 0 Å². The molecule has 6 nitrogen and oxygen atoms in total. The molecule has 2 aliphatic rings. The number of aromatic nitrogens is 2. The number of imide groups is 1. The van der Waals surface area contributed by atoms with E-state index in [4.69, 9.17) is 5.10 Å². The zero-order chi connectivity index (χ0) is 21.5. The first kappa shape index (κ1) is 21.2. The van der Waals surface area contributed by atoms with Gasteiger partial charge in [-0.1, -0.05) is 33.1 Å². The molecule has 162 valence electrons. The number of ketones is 1. The van der Waals surface area contributed by atoms with Crippen molar-refractivity contribution in [1.29, 1.82) is 0 Å². The Morgan fingerprint density at radius 2 is 1.83 bits per heavy atom. The Kier molecular flexibility index (Phi) is 5.84. The van der Waals surface area contributed by atoms with Crippen molar-refractivity contribution in [3.8, 4) is 0 Å². The van der Waals surface area contributed by atoms with Gasteiger partial charge in [0.05, 0.1) is 16.6 Å². The zero-order valence-electron chi connectivity index (χ0n) is 18.2. The molecule has 3 heterocycles. The van der Waals surface area contributed by atoms with E-state index in [1.807, 2.05) is 26.8 Å². The number of aryl methyl sites for hydroxylation is 1. The molecule has 2 aromatic heterocycles. The minimum absolute atomic E-state index is 0.0911. The van der Waals surface area contributed by atoms with Gasteiger partial charge >= 0.3 is 0 Å². The van der Waals surface area contributed by atoms with Crippen LogP contribution in [0.1, 0.15) is 93.0 Å². The number of rotatable bonds is 7. The third kappa shape index (κ3) is 4.22. The highest BCUT2D eigenvalue weighted by molar-refractivity contribution is 7.20. The molecule has 2 aromatic rings. The molecule has 4 rings (SSSR count). The summed E-state index contributed by atoms with van der Waals surface area (Å²) < 4.78 is 2.17. The van der Waals surface area contributed by atoms with Gasteiger partial charge in [0, 0.05) is 31.2 Å². The minimum atomic E-state index is -0.281.